The SMILES string of the molecule is O=c1ccc2ccccc2n1CCCCCO. The summed E-state index contributed by atoms with van der Waals surface area (Å²) in [6.07, 6.45) is 2.68. The second kappa shape index (κ2) is 5.64. The Labute approximate surface area is 100 Å². The lowest BCUT2D eigenvalue weighted by atomic mass is 10.2. The van der Waals surface area contributed by atoms with Crippen molar-refractivity contribution in [2.75, 3.05) is 6.61 Å². The molecule has 0 saturated heterocycles. The quantitative estimate of drug-likeness (QED) is 0.801. The van der Waals surface area contributed by atoms with Crippen LogP contribution in [0.2, 0.25) is 0 Å². The van der Waals surface area contributed by atoms with Crippen LogP contribution < -0.4 is 5.56 Å². The summed E-state index contributed by atoms with van der Waals surface area (Å²) in [7, 11) is 0. The van der Waals surface area contributed by atoms with Gasteiger partial charge < -0.3 is 9.67 Å². The van der Waals surface area contributed by atoms with E-state index in [4.69, 9.17) is 5.11 Å². The van der Waals surface area contributed by atoms with E-state index in [0.29, 0.717) is 0 Å². The normalized spacial score (nSPS) is 10.9. The van der Waals surface area contributed by atoms with Crippen molar-refractivity contribution in [3.8, 4) is 0 Å². The summed E-state index contributed by atoms with van der Waals surface area (Å²) < 4.78 is 1.81. The molecule has 0 spiro atoms. The number of benzene rings is 1. The summed E-state index contributed by atoms with van der Waals surface area (Å²) >= 11 is 0. The molecule has 0 fully saturated rings. The molecule has 0 aliphatic carbocycles. The molecule has 1 aromatic carbocycles. The number of para-hydroxylation sites is 1. The Balaban J connectivity index is 2.25. The number of fused-ring (bicyclic) bond motifs is 1. The van der Waals surface area contributed by atoms with E-state index < -0.39 is 0 Å². The van der Waals surface area contributed by atoms with Gasteiger partial charge in [0, 0.05) is 19.2 Å². The van der Waals surface area contributed by atoms with Crippen molar-refractivity contribution < 1.29 is 5.11 Å². The highest BCUT2D eigenvalue weighted by Crippen LogP contribution is 2.11. The number of hydrogen-bond acceptors (Lipinski definition) is 2. The maximum Gasteiger partial charge on any atom is 0.251 e. The van der Waals surface area contributed by atoms with E-state index in [1.807, 2.05) is 34.9 Å². The molecule has 2 aromatic rings. The molecule has 3 nitrogen and oxygen atoms in total. The second-order valence-corrected chi connectivity index (χ2v) is 4.17. The third kappa shape index (κ3) is 2.74. The minimum atomic E-state index is 0.0488. The van der Waals surface area contributed by atoms with E-state index in [0.717, 1.165) is 36.7 Å². The molecular formula is C14H17NO2. The Hall–Kier alpha value is -1.61. The van der Waals surface area contributed by atoms with Crippen LogP contribution in [-0.2, 0) is 6.54 Å². The highest BCUT2D eigenvalue weighted by Gasteiger charge is 2.01. The minimum Gasteiger partial charge on any atom is -0.396 e. The summed E-state index contributed by atoms with van der Waals surface area (Å²) in [5, 5.41) is 9.81. The smallest absolute Gasteiger partial charge is 0.251 e. The summed E-state index contributed by atoms with van der Waals surface area (Å²) in [6, 6.07) is 11.4. The largest absolute Gasteiger partial charge is 0.396 e. The topological polar surface area (TPSA) is 42.2 Å². The molecule has 0 aliphatic rings. The van der Waals surface area contributed by atoms with Crippen LogP contribution >= 0.6 is 0 Å². The van der Waals surface area contributed by atoms with Gasteiger partial charge in [0.15, 0.2) is 0 Å². The highest BCUT2D eigenvalue weighted by atomic mass is 16.2. The van der Waals surface area contributed by atoms with Gasteiger partial charge in [-0.05, 0) is 36.8 Å². The molecule has 0 bridgehead atoms. The zero-order chi connectivity index (χ0) is 12.1. The van der Waals surface area contributed by atoms with Crippen LogP contribution in [-0.4, -0.2) is 16.3 Å². The average molecular weight is 231 g/mol. The predicted molar refractivity (Wildman–Crippen MR) is 69.1 cm³/mol. The molecule has 1 heterocycles. The first-order chi connectivity index (χ1) is 8.33. The number of rotatable bonds is 5. The third-order valence-electron chi connectivity index (χ3n) is 2.94. The first-order valence-corrected chi connectivity index (χ1v) is 6.02. The Morgan fingerprint density at radius 1 is 1.00 bits per heavy atom. The molecule has 1 aromatic heterocycles. The third-order valence-corrected chi connectivity index (χ3v) is 2.94. The van der Waals surface area contributed by atoms with Crippen molar-refractivity contribution in [1.82, 2.24) is 4.57 Å². The Morgan fingerprint density at radius 2 is 1.82 bits per heavy atom. The van der Waals surface area contributed by atoms with Crippen molar-refractivity contribution in [1.29, 1.82) is 0 Å². The van der Waals surface area contributed by atoms with E-state index >= 15 is 0 Å². The molecule has 0 amide bonds. The lowest BCUT2D eigenvalue weighted by Gasteiger charge is -2.09. The van der Waals surface area contributed by atoms with Crippen LogP contribution in [0.4, 0.5) is 0 Å². The minimum absolute atomic E-state index is 0.0488. The van der Waals surface area contributed by atoms with Crippen LogP contribution in [0.5, 0.6) is 0 Å². The second-order valence-electron chi connectivity index (χ2n) is 4.17. The number of aliphatic hydroxyl groups excluding tert-OH is 1. The summed E-state index contributed by atoms with van der Waals surface area (Å²) in [4.78, 5) is 11.8. The first kappa shape index (κ1) is 11.9. The molecule has 0 saturated carbocycles. The van der Waals surface area contributed by atoms with Gasteiger partial charge in [-0.25, -0.2) is 0 Å². The lowest BCUT2D eigenvalue weighted by molar-refractivity contribution is 0.282. The number of aliphatic hydroxyl groups is 1. The molecule has 2 rings (SSSR count). The number of hydrogen-bond donors (Lipinski definition) is 1. The van der Waals surface area contributed by atoms with E-state index in [1.54, 1.807) is 6.07 Å². The Kier molecular flexibility index (Phi) is 3.94. The molecule has 1 N–H and O–H groups in total. The van der Waals surface area contributed by atoms with Gasteiger partial charge in [0.05, 0.1) is 5.52 Å². The number of nitrogens with zero attached hydrogens (tertiary/aromatic N) is 1. The number of unbranched alkanes of at least 4 members (excludes halogenated alkanes) is 2. The van der Waals surface area contributed by atoms with Crippen LogP contribution in [0.3, 0.4) is 0 Å². The number of aromatic nitrogens is 1. The summed E-state index contributed by atoms with van der Waals surface area (Å²) in [5.74, 6) is 0. The van der Waals surface area contributed by atoms with Crippen molar-refractivity contribution in [3.63, 3.8) is 0 Å². The van der Waals surface area contributed by atoms with Gasteiger partial charge in [0.1, 0.15) is 0 Å². The van der Waals surface area contributed by atoms with E-state index in [2.05, 4.69) is 0 Å². The standard InChI is InChI=1S/C14H17NO2/c16-11-5-1-4-10-15-13-7-3-2-6-12(13)8-9-14(15)17/h2-3,6-9,16H,1,4-5,10-11H2. The van der Waals surface area contributed by atoms with Crippen LogP contribution in [0.15, 0.2) is 41.2 Å². The summed E-state index contributed by atoms with van der Waals surface area (Å²) in [6.45, 7) is 0.949. The maximum atomic E-state index is 11.8. The zero-order valence-electron chi connectivity index (χ0n) is 9.80. The van der Waals surface area contributed by atoms with Crippen molar-refractivity contribution in [3.05, 3.63) is 46.8 Å². The van der Waals surface area contributed by atoms with Gasteiger partial charge in [-0.2, -0.15) is 0 Å². The molecule has 0 atom stereocenters. The fourth-order valence-corrected chi connectivity index (χ4v) is 2.03. The predicted octanol–water partition coefficient (Wildman–Crippen LogP) is 2.16. The summed E-state index contributed by atoms with van der Waals surface area (Å²) in [5.41, 5.74) is 1.04. The lowest BCUT2D eigenvalue weighted by Crippen LogP contribution is -2.19. The van der Waals surface area contributed by atoms with Crippen molar-refractivity contribution in [2.24, 2.45) is 0 Å². The molecule has 0 aliphatic heterocycles. The molecule has 0 unspecified atom stereocenters. The first-order valence-electron chi connectivity index (χ1n) is 6.02. The highest BCUT2D eigenvalue weighted by molar-refractivity contribution is 5.78. The molecule has 17 heavy (non-hydrogen) atoms. The van der Waals surface area contributed by atoms with E-state index in [9.17, 15) is 4.79 Å². The van der Waals surface area contributed by atoms with Gasteiger partial charge in [0.2, 0.25) is 0 Å². The van der Waals surface area contributed by atoms with Crippen LogP contribution in [0, 0.1) is 0 Å². The van der Waals surface area contributed by atoms with E-state index in [1.165, 1.54) is 0 Å². The van der Waals surface area contributed by atoms with Crippen LogP contribution in [0.25, 0.3) is 10.9 Å². The van der Waals surface area contributed by atoms with Gasteiger partial charge in [-0.1, -0.05) is 18.2 Å². The fourth-order valence-electron chi connectivity index (χ4n) is 2.03. The zero-order valence-corrected chi connectivity index (χ0v) is 9.80. The van der Waals surface area contributed by atoms with E-state index in [-0.39, 0.29) is 12.2 Å². The maximum absolute atomic E-state index is 11.8. The van der Waals surface area contributed by atoms with Crippen LogP contribution in [0.1, 0.15) is 19.3 Å². The Morgan fingerprint density at radius 3 is 2.65 bits per heavy atom. The average Bonchev–Trinajstić information content (AvgIpc) is 2.37. The number of aryl methyl sites for hydroxylation is 1. The monoisotopic (exact) mass is 231 g/mol. The van der Waals surface area contributed by atoms with Gasteiger partial charge in [-0.3, -0.25) is 4.79 Å². The van der Waals surface area contributed by atoms with Gasteiger partial charge in [-0.15, -0.1) is 0 Å². The molecule has 0 radical (unpaired) electrons. The molecule has 3 heteroatoms. The molecule has 90 valence electrons. The van der Waals surface area contributed by atoms with Gasteiger partial charge >= 0.3 is 0 Å². The number of pyridine rings is 1. The van der Waals surface area contributed by atoms with Crippen molar-refractivity contribution in [2.45, 2.75) is 25.8 Å². The van der Waals surface area contributed by atoms with Gasteiger partial charge in [0.25, 0.3) is 5.56 Å². The van der Waals surface area contributed by atoms with Crippen molar-refractivity contribution >= 4 is 10.9 Å². The Bertz CT molecular complexity index is 545. The fraction of sp³-hybridized carbons (Fsp3) is 0.357. The molecular weight excluding hydrogens is 214 g/mol.